The Morgan fingerprint density at radius 1 is 1.25 bits per heavy atom. The van der Waals surface area contributed by atoms with Crippen molar-refractivity contribution in [2.45, 2.75) is 31.0 Å². The topological polar surface area (TPSA) is 108 Å². The van der Waals surface area contributed by atoms with Gasteiger partial charge in [-0.1, -0.05) is 11.8 Å². The van der Waals surface area contributed by atoms with Crippen LogP contribution in [0.1, 0.15) is 34.5 Å². The molecule has 182 valence electrons. The number of amides is 1. The molecule has 3 aromatic heterocycles. The number of carbonyl (C=O) groups excluding carboxylic acids is 1. The Hall–Kier alpha value is -4.00. The van der Waals surface area contributed by atoms with Crippen LogP contribution >= 0.6 is 0 Å². The zero-order valence-electron chi connectivity index (χ0n) is 20.2. The number of hydrogen-bond acceptors (Lipinski definition) is 7. The van der Waals surface area contributed by atoms with E-state index in [9.17, 15) is 4.79 Å². The molecule has 1 saturated heterocycles. The van der Waals surface area contributed by atoms with Gasteiger partial charge in [-0.2, -0.15) is 5.10 Å². The van der Waals surface area contributed by atoms with E-state index < -0.39 is 5.60 Å². The highest BCUT2D eigenvalue weighted by Gasteiger charge is 2.37. The predicted molar refractivity (Wildman–Crippen MR) is 135 cm³/mol. The fourth-order valence-electron chi connectivity index (χ4n) is 4.49. The number of rotatable bonds is 5. The molecule has 6 rings (SSSR count). The van der Waals surface area contributed by atoms with E-state index in [2.05, 4.69) is 26.9 Å². The Kier molecular flexibility index (Phi) is 5.36. The van der Waals surface area contributed by atoms with Gasteiger partial charge in [0, 0.05) is 42.9 Å². The second kappa shape index (κ2) is 8.59. The zero-order chi connectivity index (χ0) is 24.9. The average molecular weight is 483 g/mol. The van der Waals surface area contributed by atoms with Crippen molar-refractivity contribution in [1.82, 2.24) is 24.6 Å². The zero-order valence-corrected chi connectivity index (χ0v) is 20.2. The van der Waals surface area contributed by atoms with E-state index in [0.717, 1.165) is 45.9 Å². The van der Waals surface area contributed by atoms with Gasteiger partial charge in [0.15, 0.2) is 5.60 Å². The quantitative estimate of drug-likeness (QED) is 0.436. The van der Waals surface area contributed by atoms with Gasteiger partial charge in [0.2, 0.25) is 0 Å². The number of ether oxygens (including phenoxy) is 2. The lowest BCUT2D eigenvalue weighted by atomic mass is 10.0. The van der Waals surface area contributed by atoms with Gasteiger partial charge in [-0.3, -0.25) is 14.5 Å². The first kappa shape index (κ1) is 22.5. The molecule has 9 nitrogen and oxygen atoms in total. The Morgan fingerprint density at radius 2 is 2.08 bits per heavy atom. The molecule has 9 heteroatoms. The number of carbonyl (C=O) groups is 1. The van der Waals surface area contributed by atoms with E-state index in [1.165, 1.54) is 0 Å². The lowest BCUT2D eigenvalue weighted by Crippen LogP contribution is -2.50. The molecule has 36 heavy (non-hydrogen) atoms. The number of nitrogens with two attached hydrogens (primary N) is 1. The molecule has 2 N–H and O–H groups in total. The van der Waals surface area contributed by atoms with Crippen LogP contribution in [0.25, 0.3) is 21.8 Å². The van der Waals surface area contributed by atoms with Crippen molar-refractivity contribution in [3.05, 3.63) is 59.5 Å². The molecule has 1 aliphatic heterocycles. The van der Waals surface area contributed by atoms with E-state index in [4.69, 9.17) is 15.2 Å². The first-order valence-electron chi connectivity index (χ1n) is 11.9. The van der Waals surface area contributed by atoms with Crippen LogP contribution in [0.5, 0.6) is 0 Å². The van der Waals surface area contributed by atoms with Crippen LogP contribution < -0.4 is 5.73 Å². The second-order valence-electron chi connectivity index (χ2n) is 9.40. The summed E-state index contributed by atoms with van der Waals surface area (Å²) in [6.07, 6.45) is 5.44. The molecule has 1 aliphatic carbocycles. The summed E-state index contributed by atoms with van der Waals surface area (Å²) in [5.41, 5.74) is 9.43. The molecule has 4 aromatic rings. The first-order chi connectivity index (χ1) is 17.5. The van der Waals surface area contributed by atoms with Gasteiger partial charge in [-0.15, -0.1) is 0 Å². The Balaban J connectivity index is 1.26. The molecule has 0 unspecified atom stereocenters. The van der Waals surface area contributed by atoms with Gasteiger partial charge in [-0.25, -0.2) is 4.98 Å². The van der Waals surface area contributed by atoms with Crippen LogP contribution in [-0.4, -0.2) is 62.5 Å². The van der Waals surface area contributed by atoms with Crippen LogP contribution in [0.4, 0.5) is 5.82 Å². The third-order valence-electron chi connectivity index (χ3n) is 6.86. The van der Waals surface area contributed by atoms with Crippen LogP contribution in [0.15, 0.2) is 42.7 Å². The van der Waals surface area contributed by atoms with E-state index in [1.54, 1.807) is 24.2 Å². The van der Waals surface area contributed by atoms with Gasteiger partial charge in [0.05, 0.1) is 48.1 Å². The van der Waals surface area contributed by atoms with Crippen molar-refractivity contribution in [1.29, 1.82) is 0 Å². The summed E-state index contributed by atoms with van der Waals surface area (Å²) in [5, 5.41) is 5.96. The largest absolute Gasteiger partial charge is 0.383 e. The van der Waals surface area contributed by atoms with Crippen molar-refractivity contribution in [2.24, 2.45) is 7.05 Å². The van der Waals surface area contributed by atoms with Crippen LogP contribution in [0, 0.1) is 11.8 Å². The van der Waals surface area contributed by atoms with E-state index in [-0.39, 0.29) is 11.9 Å². The number of aromatic nitrogens is 4. The van der Waals surface area contributed by atoms with Crippen LogP contribution in [0.3, 0.4) is 0 Å². The molecule has 2 aliphatic rings. The lowest BCUT2D eigenvalue weighted by molar-refractivity contribution is -0.159. The SMILES string of the molecule is COC1(C#Cc2ccc(CN(C(=O)c3ccc4nc(N)c5cnn(C)c5c4c3)C3CC3)nc2)COC1. The van der Waals surface area contributed by atoms with E-state index in [1.807, 2.05) is 42.3 Å². The number of nitrogen functional groups attached to an aromatic ring is 1. The number of nitrogens with zero attached hydrogens (tertiary/aromatic N) is 5. The maximum absolute atomic E-state index is 13.6. The number of pyridine rings is 2. The highest BCUT2D eigenvalue weighted by molar-refractivity contribution is 6.10. The maximum atomic E-state index is 13.6. The average Bonchev–Trinajstić information content (AvgIpc) is 3.63. The standard InChI is InChI=1S/C27H26N6O3/c1-32-24-21-11-18(4-8-23(21)31-25(28)22(24)13-30-32)26(34)33(20-6-7-20)14-19-5-3-17(12-29-19)9-10-27(35-2)15-36-16-27/h3-5,8,11-13,20H,6-7,14-16H2,1-2H3,(H2,28,31). The van der Waals surface area contributed by atoms with E-state index in [0.29, 0.717) is 31.1 Å². The molecule has 1 aromatic carbocycles. The number of hydrogen-bond donors (Lipinski definition) is 1. The molecule has 0 atom stereocenters. The molecular weight excluding hydrogens is 456 g/mol. The summed E-state index contributed by atoms with van der Waals surface area (Å²) in [6, 6.07) is 9.63. The summed E-state index contributed by atoms with van der Waals surface area (Å²) in [5.74, 6) is 6.67. The fraction of sp³-hybridized carbons (Fsp3) is 0.333. The molecule has 4 heterocycles. The normalized spacial score (nSPS) is 16.4. The van der Waals surface area contributed by atoms with Gasteiger partial charge < -0.3 is 20.1 Å². The number of anilines is 1. The molecule has 2 fully saturated rings. The summed E-state index contributed by atoms with van der Waals surface area (Å²) in [6.45, 7) is 1.39. The minimum atomic E-state index is -0.518. The maximum Gasteiger partial charge on any atom is 0.254 e. The van der Waals surface area contributed by atoms with Gasteiger partial charge in [-0.05, 0) is 43.2 Å². The van der Waals surface area contributed by atoms with Gasteiger partial charge >= 0.3 is 0 Å². The third kappa shape index (κ3) is 3.94. The predicted octanol–water partition coefficient (Wildman–Crippen LogP) is 2.67. The van der Waals surface area contributed by atoms with Crippen molar-refractivity contribution >= 4 is 33.5 Å². The monoisotopic (exact) mass is 482 g/mol. The van der Waals surface area contributed by atoms with Crippen LogP contribution in [0.2, 0.25) is 0 Å². The third-order valence-corrected chi connectivity index (χ3v) is 6.86. The molecule has 0 radical (unpaired) electrons. The van der Waals surface area contributed by atoms with Crippen molar-refractivity contribution in [2.75, 3.05) is 26.1 Å². The van der Waals surface area contributed by atoms with Crippen molar-refractivity contribution in [3.63, 3.8) is 0 Å². The highest BCUT2D eigenvalue weighted by Crippen LogP contribution is 2.32. The Bertz CT molecular complexity index is 1540. The number of aryl methyl sites for hydroxylation is 1. The van der Waals surface area contributed by atoms with Crippen molar-refractivity contribution in [3.8, 4) is 11.8 Å². The summed E-state index contributed by atoms with van der Waals surface area (Å²) < 4.78 is 12.4. The fourth-order valence-corrected chi connectivity index (χ4v) is 4.49. The number of methoxy groups -OCH3 is 1. The molecule has 1 saturated carbocycles. The highest BCUT2D eigenvalue weighted by atomic mass is 16.6. The summed E-state index contributed by atoms with van der Waals surface area (Å²) in [4.78, 5) is 24.6. The minimum Gasteiger partial charge on any atom is -0.383 e. The van der Waals surface area contributed by atoms with Gasteiger partial charge in [0.25, 0.3) is 5.91 Å². The second-order valence-corrected chi connectivity index (χ2v) is 9.40. The Morgan fingerprint density at radius 3 is 2.75 bits per heavy atom. The lowest BCUT2D eigenvalue weighted by Gasteiger charge is -2.35. The minimum absolute atomic E-state index is 0.0239. The van der Waals surface area contributed by atoms with Crippen LogP contribution in [-0.2, 0) is 23.1 Å². The Labute approximate surface area is 208 Å². The number of benzene rings is 1. The smallest absolute Gasteiger partial charge is 0.254 e. The molecule has 1 amide bonds. The summed E-state index contributed by atoms with van der Waals surface area (Å²) >= 11 is 0. The molecular formula is C27H26N6O3. The first-order valence-corrected chi connectivity index (χ1v) is 11.9. The van der Waals surface area contributed by atoms with Gasteiger partial charge in [0.1, 0.15) is 5.82 Å². The van der Waals surface area contributed by atoms with Crippen molar-refractivity contribution < 1.29 is 14.3 Å². The summed E-state index contributed by atoms with van der Waals surface area (Å²) in [7, 11) is 3.50. The number of fused-ring (bicyclic) bond motifs is 3. The molecule has 0 spiro atoms. The molecule has 0 bridgehead atoms. The van der Waals surface area contributed by atoms with E-state index >= 15 is 0 Å².